The first-order chi connectivity index (χ1) is 19.7. The average molecular weight is 552 g/mol. The number of imidazole rings is 1. The molecule has 2 aromatic carbocycles. The number of rotatable bonds is 5. The molecule has 12 heteroatoms. The second-order valence-corrected chi connectivity index (χ2v) is 10.9. The van der Waals surface area contributed by atoms with E-state index in [2.05, 4.69) is 26.0 Å². The van der Waals surface area contributed by atoms with Gasteiger partial charge >= 0.3 is 5.97 Å². The molecule has 1 aliphatic rings. The smallest absolute Gasteiger partial charge is 0.326 e. The minimum atomic E-state index is -0.627. The first-order valence-electron chi connectivity index (χ1n) is 13.3. The third-order valence-corrected chi connectivity index (χ3v) is 6.82. The van der Waals surface area contributed by atoms with Crippen molar-refractivity contribution in [3.05, 3.63) is 60.6 Å². The van der Waals surface area contributed by atoms with Crippen molar-refractivity contribution in [2.24, 2.45) is 0 Å². The van der Waals surface area contributed by atoms with Gasteiger partial charge in [0.05, 0.1) is 11.8 Å². The summed E-state index contributed by atoms with van der Waals surface area (Å²) in [7, 11) is 0. The van der Waals surface area contributed by atoms with Gasteiger partial charge in [0.2, 0.25) is 5.95 Å². The van der Waals surface area contributed by atoms with Crippen LogP contribution in [0.2, 0.25) is 0 Å². The minimum absolute atomic E-state index is 0.0679. The Bertz CT molecular complexity index is 1790. The van der Waals surface area contributed by atoms with Crippen molar-refractivity contribution < 1.29 is 14.6 Å². The Kier molecular flexibility index (Phi) is 6.42. The molecule has 0 saturated carbocycles. The van der Waals surface area contributed by atoms with Crippen LogP contribution in [-0.4, -0.2) is 72.2 Å². The Morgan fingerprint density at radius 2 is 1.73 bits per heavy atom. The molecule has 0 bridgehead atoms. The van der Waals surface area contributed by atoms with E-state index in [1.807, 2.05) is 57.2 Å². The molecule has 0 unspecified atom stereocenters. The predicted molar refractivity (Wildman–Crippen MR) is 153 cm³/mol. The van der Waals surface area contributed by atoms with E-state index in [0.717, 1.165) is 18.8 Å². The summed E-state index contributed by atoms with van der Waals surface area (Å²) < 4.78 is 8.82. The predicted octanol–water partition coefficient (Wildman–Crippen LogP) is 3.41. The number of carbonyl (C=O) groups excluding carboxylic acids is 1. The summed E-state index contributed by atoms with van der Waals surface area (Å²) in [5, 5.41) is 24.7. The molecule has 0 amide bonds. The van der Waals surface area contributed by atoms with Gasteiger partial charge in [-0.2, -0.15) is 20.3 Å². The fourth-order valence-electron chi connectivity index (χ4n) is 4.97. The number of phenolic OH excluding ortho intramolecular Hbond substituents is 1. The summed E-state index contributed by atoms with van der Waals surface area (Å²) in [5.41, 5.74) is 2.32. The van der Waals surface area contributed by atoms with E-state index in [1.165, 1.54) is 0 Å². The second-order valence-electron chi connectivity index (χ2n) is 10.9. The Morgan fingerprint density at radius 1 is 1.02 bits per heavy atom. The molecule has 1 saturated heterocycles. The number of aromatic nitrogens is 6. The molecule has 0 radical (unpaired) electrons. The normalized spacial score (nSPS) is 14.0. The van der Waals surface area contributed by atoms with E-state index in [1.54, 1.807) is 27.7 Å². The van der Waals surface area contributed by atoms with Gasteiger partial charge in [0, 0.05) is 37.3 Å². The molecule has 4 heterocycles. The number of hydrogen-bond acceptors (Lipinski definition) is 10. The fourth-order valence-corrected chi connectivity index (χ4v) is 4.97. The summed E-state index contributed by atoms with van der Waals surface area (Å²) in [6.07, 6.45) is 1.55. The maximum Gasteiger partial charge on any atom is 0.326 e. The number of nitrogens with zero attached hydrogens (tertiary/aromatic N) is 9. The summed E-state index contributed by atoms with van der Waals surface area (Å²) in [6.45, 7) is 8.14. The van der Waals surface area contributed by atoms with E-state index >= 15 is 0 Å². The molecule has 12 nitrogen and oxygen atoms in total. The van der Waals surface area contributed by atoms with Crippen LogP contribution in [-0.2, 0) is 16.1 Å². The van der Waals surface area contributed by atoms with Crippen molar-refractivity contribution in [2.45, 2.75) is 32.9 Å². The lowest BCUT2D eigenvalue weighted by Crippen LogP contribution is -2.47. The average Bonchev–Trinajstić information content (AvgIpc) is 3.53. The van der Waals surface area contributed by atoms with Crippen molar-refractivity contribution in [2.75, 3.05) is 36.0 Å². The van der Waals surface area contributed by atoms with Crippen LogP contribution in [0.1, 0.15) is 26.5 Å². The Hall–Kier alpha value is -5.18. The molecule has 1 aliphatic heterocycles. The largest absolute Gasteiger partial charge is 0.508 e. The van der Waals surface area contributed by atoms with Crippen LogP contribution in [0.5, 0.6) is 5.75 Å². The summed E-state index contributed by atoms with van der Waals surface area (Å²) in [4.78, 5) is 31.4. The van der Waals surface area contributed by atoms with Gasteiger partial charge < -0.3 is 24.2 Å². The molecule has 41 heavy (non-hydrogen) atoms. The van der Waals surface area contributed by atoms with Gasteiger partial charge in [0.1, 0.15) is 24.0 Å². The maximum atomic E-state index is 12.7. The summed E-state index contributed by atoms with van der Waals surface area (Å²) >= 11 is 0. The standard InChI is InChI=1S/C29H29N9O3/c1-29(2,3)41-24(40)17-37-18-31-25-26(37)32-28(36-14-12-35(13-15-36)19-8-10-20(39)11-9-19)33-27(25)38-23-7-5-4-6-21(23)22(16-30)34-38/h4-11,18,39H,12-15,17H2,1-3H3. The van der Waals surface area contributed by atoms with Crippen molar-refractivity contribution in [1.29, 1.82) is 5.26 Å². The van der Waals surface area contributed by atoms with Gasteiger partial charge in [-0.1, -0.05) is 12.1 Å². The highest BCUT2D eigenvalue weighted by Crippen LogP contribution is 2.28. The van der Waals surface area contributed by atoms with E-state index in [9.17, 15) is 15.2 Å². The lowest BCUT2D eigenvalue weighted by molar-refractivity contribution is -0.155. The highest BCUT2D eigenvalue weighted by molar-refractivity contribution is 5.89. The van der Waals surface area contributed by atoms with Crippen LogP contribution in [0.25, 0.3) is 27.9 Å². The Morgan fingerprint density at radius 3 is 2.44 bits per heavy atom. The number of ether oxygens (including phenoxy) is 1. The number of para-hydroxylation sites is 1. The highest BCUT2D eigenvalue weighted by atomic mass is 16.6. The molecule has 1 fully saturated rings. The first kappa shape index (κ1) is 26.1. The van der Waals surface area contributed by atoms with Crippen LogP contribution in [0.4, 0.5) is 11.6 Å². The SMILES string of the molecule is CC(C)(C)OC(=O)Cn1cnc2c(-n3nc(C#N)c4ccccc43)nc(N3CCN(c4ccc(O)cc4)CC3)nc21. The molecule has 0 spiro atoms. The molecule has 5 aromatic rings. The Labute approximate surface area is 236 Å². The topological polar surface area (TPSA) is 138 Å². The molecule has 0 atom stereocenters. The summed E-state index contributed by atoms with van der Waals surface area (Å²) in [5.74, 6) is 0.723. The third kappa shape index (κ3) is 5.09. The third-order valence-electron chi connectivity index (χ3n) is 6.82. The van der Waals surface area contributed by atoms with Gasteiger partial charge in [-0.05, 0) is 57.2 Å². The van der Waals surface area contributed by atoms with Crippen LogP contribution in [0.15, 0.2) is 54.9 Å². The Balaban J connectivity index is 1.41. The summed E-state index contributed by atoms with van der Waals surface area (Å²) in [6, 6.07) is 16.8. The number of anilines is 2. The van der Waals surface area contributed by atoms with E-state index in [0.29, 0.717) is 46.9 Å². The van der Waals surface area contributed by atoms with Crippen LogP contribution in [0, 0.1) is 11.3 Å². The quantitative estimate of drug-likeness (QED) is 0.323. The number of carbonyl (C=O) groups is 1. The van der Waals surface area contributed by atoms with E-state index in [4.69, 9.17) is 14.7 Å². The molecule has 208 valence electrons. The number of fused-ring (bicyclic) bond motifs is 2. The molecule has 0 aliphatic carbocycles. The molecular weight excluding hydrogens is 522 g/mol. The van der Waals surface area contributed by atoms with Gasteiger partial charge in [-0.15, -0.1) is 0 Å². The number of aromatic hydroxyl groups is 1. The number of nitriles is 1. The number of benzene rings is 2. The highest BCUT2D eigenvalue weighted by Gasteiger charge is 2.25. The zero-order chi connectivity index (χ0) is 28.7. The fraction of sp³-hybridized carbons (Fsp3) is 0.310. The first-order valence-corrected chi connectivity index (χ1v) is 13.3. The number of esters is 1. The van der Waals surface area contributed by atoms with Crippen molar-refractivity contribution in [3.8, 4) is 17.6 Å². The molecular formula is C29H29N9O3. The maximum absolute atomic E-state index is 12.7. The van der Waals surface area contributed by atoms with Crippen LogP contribution in [0.3, 0.4) is 0 Å². The van der Waals surface area contributed by atoms with Crippen molar-refractivity contribution >= 4 is 39.7 Å². The zero-order valence-electron chi connectivity index (χ0n) is 23.0. The molecule has 3 aromatic heterocycles. The molecule has 1 N–H and O–H groups in total. The van der Waals surface area contributed by atoms with Gasteiger partial charge in [-0.3, -0.25) is 4.79 Å². The van der Waals surface area contributed by atoms with Crippen molar-refractivity contribution in [3.63, 3.8) is 0 Å². The van der Waals surface area contributed by atoms with Crippen LogP contribution >= 0.6 is 0 Å². The van der Waals surface area contributed by atoms with Gasteiger partial charge in [0.25, 0.3) is 0 Å². The zero-order valence-corrected chi connectivity index (χ0v) is 23.0. The van der Waals surface area contributed by atoms with E-state index in [-0.39, 0.29) is 18.0 Å². The van der Waals surface area contributed by atoms with Crippen molar-refractivity contribution in [1.82, 2.24) is 29.3 Å². The van der Waals surface area contributed by atoms with E-state index < -0.39 is 11.6 Å². The lowest BCUT2D eigenvalue weighted by Gasteiger charge is -2.36. The number of phenols is 1. The number of piperazine rings is 1. The number of hydrogen-bond donors (Lipinski definition) is 1. The van der Waals surface area contributed by atoms with Crippen LogP contribution < -0.4 is 9.80 Å². The minimum Gasteiger partial charge on any atom is -0.508 e. The van der Waals surface area contributed by atoms with Gasteiger partial charge in [-0.25, -0.2) is 9.67 Å². The molecule has 6 rings (SSSR count). The second kappa shape index (κ2) is 10.1. The monoisotopic (exact) mass is 551 g/mol. The lowest BCUT2D eigenvalue weighted by atomic mass is 10.2. The van der Waals surface area contributed by atoms with Gasteiger partial charge in [0.15, 0.2) is 22.7 Å².